The molecule has 2 N–H and O–H groups in total. The number of hydrogen-bond donors (Lipinski definition) is 2. The number of nitrogens with one attached hydrogen (secondary N) is 1. The van der Waals surface area contributed by atoms with Gasteiger partial charge in [-0.25, -0.2) is 4.79 Å². The molecule has 138 valence electrons. The lowest BCUT2D eigenvalue weighted by Crippen LogP contribution is -2.49. The van der Waals surface area contributed by atoms with Crippen molar-refractivity contribution in [3.05, 3.63) is 29.8 Å². The first-order chi connectivity index (χ1) is 11.8. The second-order valence-corrected chi connectivity index (χ2v) is 6.71. The van der Waals surface area contributed by atoms with Crippen LogP contribution >= 0.6 is 0 Å². The molecule has 25 heavy (non-hydrogen) atoms. The maximum absolute atomic E-state index is 12.3. The summed E-state index contributed by atoms with van der Waals surface area (Å²) in [5.41, 5.74) is 1.12. The zero-order chi connectivity index (χ0) is 18.4. The fraction of sp³-hybridized carbons (Fsp3) is 0.556. The molecule has 0 aliphatic carbocycles. The van der Waals surface area contributed by atoms with Crippen LogP contribution in [0.5, 0.6) is 0 Å². The summed E-state index contributed by atoms with van der Waals surface area (Å²) < 4.78 is 0. The number of ketones is 1. The molecule has 0 unspecified atom stereocenters. The molecule has 0 radical (unpaired) electrons. The number of aliphatic hydroxyl groups is 1. The van der Waals surface area contributed by atoms with Gasteiger partial charge in [0.2, 0.25) is 0 Å². The van der Waals surface area contributed by atoms with Crippen LogP contribution in [-0.2, 0) is 0 Å². The summed E-state index contributed by atoms with van der Waals surface area (Å²) in [6.45, 7) is 6.16. The Kier molecular flexibility index (Phi) is 6.92. The Morgan fingerprint density at radius 2 is 1.96 bits per heavy atom. The Hall–Kier alpha value is -1.96. The van der Waals surface area contributed by atoms with Gasteiger partial charge in [-0.1, -0.05) is 12.1 Å². The minimum atomic E-state index is -0.595. The first-order valence-electron chi connectivity index (χ1n) is 8.57. The minimum absolute atomic E-state index is 0.0490. The van der Waals surface area contributed by atoms with Gasteiger partial charge in [0.15, 0.2) is 5.78 Å². The third-order valence-electron chi connectivity index (χ3n) is 4.42. The van der Waals surface area contributed by atoms with E-state index in [1.807, 2.05) is 0 Å². The van der Waals surface area contributed by atoms with Gasteiger partial charge in [0.25, 0.3) is 0 Å². The fourth-order valence-electron chi connectivity index (χ4n) is 2.82. The molecule has 1 aromatic rings. The van der Waals surface area contributed by atoms with Crippen LogP contribution in [0, 0.1) is 0 Å². The van der Waals surface area contributed by atoms with Crippen LogP contribution in [-0.4, -0.2) is 91.1 Å². The highest BCUT2D eigenvalue weighted by atomic mass is 16.3. The third-order valence-corrected chi connectivity index (χ3v) is 4.42. The molecule has 1 aliphatic heterocycles. The van der Waals surface area contributed by atoms with Crippen LogP contribution in [0.4, 0.5) is 10.5 Å². The van der Waals surface area contributed by atoms with Gasteiger partial charge >= 0.3 is 6.03 Å². The molecule has 0 saturated carbocycles. The van der Waals surface area contributed by atoms with E-state index in [1.54, 1.807) is 31.3 Å². The summed E-state index contributed by atoms with van der Waals surface area (Å²) in [6, 6.07) is 6.52. The van der Waals surface area contributed by atoms with Gasteiger partial charge in [-0.15, -0.1) is 0 Å². The molecule has 1 saturated heterocycles. The van der Waals surface area contributed by atoms with Gasteiger partial charge < -0.3 is 20.2 Å². The van der Waals surface area contributed by atoms with E-state index in [9.17, 15) is 14.7 Å². The number of likely N-dealkylation sites (N-methyl/N-ethyl adjacent to an activating group) is 2. The van der Waals surface area contributed by atoms with Gasteiger partial charge in [-0.3, -0.25) is 9.69 Å². The molecule has 2 amide bonds. The van der Waals surface area contributed by atoms with Crippen LogP contribution in [0.3, 0.4) is 0 Å². The molecule has 1 aliphatic rings. The number of benzene rings is 1. The second kappa shape index (κ2) is 8.94. The summed E-state index contributed by atoms with van der Waals surface area (Å²) in [6.07, 6.45) is -0.595. The maximum Gasteiger partial charge on any atom is 0.321 e. The lowest BCUT2D eigenvalue weighted by Gasteiger charge is -2.34. The van der Waals surface area contributed by atoms with E-state index in [4.69, 9.17) is 0 Å². The number of carbonyl (C=O) groups is 2. The van der Waals surface area contributed by atoms with Crippen molar-refractivity contribution in [2.24, 2.45) is 0 Å². The number of Topliss-reactive ketones (excluding diaryl/α,β-unsaturated/α-hetero) is 1. The van der Waals surface area contributed by atoms with E-state index in [0.717, 1.165) is 26.2 Å². The van der Waals surface area contributed by atoms with Crippen molar-refractivity contribution >= 4 is 17.5 Å². The van der Waals surface area contributed by atoms with E-state index in [-0.39, 0.29) is 18.4 Å². The van der Waals surface area contributed by atoms with E-state index in [1.165, 1.54) is 11.8 Å². The lowest BCUT2D eigenvalue weighted by molar-refractivity contribution is 0.0670. The van der Waals surface area contributed by atoms with Crippen molar-refractivity contribution in [2.75, 3.05) is 58.7 Å². The Morgan fingerprint density at radius 3 is 2.60 bits per heavy atom. The maximum atomic E-state index is 12.3. The number of β-amino-alcohol motifs (C(OH)–C–C–N with tert-alkyl or cyclic N) is 1. The molecule has 0 bridgehead atoms. The fourth-order valence-corrected chi connectivity index (χ4v) is 2.82. The number of rotatable bonds is 6. The Balaban J connectivity index is 1.81. The second-order valence-electron chi connectivity index (χ2n) is 6.71. The van der Waals surface area contributed by atoms with Gasteiger partial charge in [-0.2, -0.15) is 0 Å². The predicted molar refractivity (Wildman–Crippen MR) is 98.0 cm³/mol. The predicted octanol–water partition coefficient (Wildman–Crippen LogP) is 0.961. The third kappa shape index (κ3) is 6.12. The zero-order valence-electron chi connectivity index (χ0n) is 15.2. The van der Waals surface area contributed by atoms with E-state index in [2.05, 4.69) is 22.2 Å². The monoisotopic (exact) mass is 348 g/mol. The van der Waals surface area contributed by atoms with Crippen molar-refractivity contribution in [1.82, 2.24) is 14.7 Å². The molecule has 0 aromatic heterocycles. The first kappa shape index (κ1) is 19.4. The summed E-state index contributed by atoms with van der Waals surface area (Å²) in [5, 5.41) is 13.0. The van der Waals surface area contributed by atoms with E-state index in [0.29, 0.717) is 17.8 Å². The standard InChI is InChI=1S/C18H28N4O3/c1-14(23)15-5-4-6-16(11-15)19-18(25)21(3)12-17(24)13-22-9-7-20(2)8-10-22/h4-6,11,17,24H,7-10,12-13H2,1-3H3,(H,19,25)/t17-/m1/s1. The van der Waals surface area contributed by atoms with Crippen LogP contribution in [0.15, 0.2) is 24.3 Å². The lowest BCUT2D eigenvalue weighted by atomic mass is 10.1. The smallest absolute Gasteiger partial charge is 0.321 e. The molecule has 2 rings (SSSR count). The largest absolute Gasteiger partial charge is 0.390 e. The quantitative estimate of drug-likeness (QED) is 0.749. The Morgan fingerprint density at radius 1 is 1.28 bits per heavy atom. The van der Waals surface area contributed by atoms with Crippen LogP contribution in [0.1, 0.15) is 17.3 Å². The normalized spacial score (nSPS) is 17.1. The zero-order valence-corrected chi connectivity index (χ0v) is 15.2. The van der Waals surface area contributed by atoms with Crippen LogP contribution in [0.2, 0.25) is 0 Å². The van der Waals surface area contributed by atoms with Crippen LogP contribution < -0.4 is 5.32 Å². The van der Waals surface area contributed by atoms with Gasteiger partial charge in [0.1, 0.15) is 0 Å². The Labute approximate surface area is 149 Å². The summed E-state index contributed by atoms with van der Waals surface area (Å²) in [4.78, 5) is 29.6. The van der Waals surface area contributed by atoms with Crippen molar-refractivity contribution in [3.63, 3.8) is 0 Å². The van der Waals surface area contributed by atoms with Gasteiger partial charge in [0, 0.05) is 57.6 Å². The van der Waals surface area contributed by atoms with Crippen molar-refractivity contribution in [3.8, 4) is 0 Å². The van der Waals surface area contributed by atoms with E-state index >= 15 is 0 Å². The minimum Gasteiger partial charge on any atom is -0.390 e. The molecule has 7 heteroatoms. The van der Waals surface area contributed by atoms with E-state index < -0.39 is 6.10 Å². The summed E-state index contributed by atoms with van der Waals surface area (Å²) in [5.74, 6) is -0.0490. The average molecular weight is 348 g/mol. The molecule has 7 nitrogen and oxygen atoms in total. The highest BCUT2D eigenvalue weighted by Gasteiger charge is 2.19. The first-order valence-corrected chi connectivity index (χ1v) is 8.57. The molecule has 1 fully saturated rings. The molecule has 1 heterocycles. The molecule has 0 spiro atoms. The van der Waals surface area contributed by atoms with Crippen molar-refractivity contribution in [1.29, 1.82) is 0 Å². The molecular weight excluding hydrogens is 320 g/mol. The Bertz CT molecular complexity index is 600. The molecule has 1 atom stereocenters. The SMILES string of the molecule is CC(=O)c1cccc(NC(=O)N(C)C[C@@H](O)CN2CCN(C)CC2)c1. The highest BCUT2D eigenvalue weighted by Crippen LogP contribution is 2.12. The van der Waals surface area contributed by atoms with Crippen LogP contribution in [0.25, 0.3) is 0 Å². The number of piperazine rings is 1. The average Bonchev–Trinajstić information content (AvgIpc) is 2.57. The number of anilines is 1. The number of nitrogens with zero attached hydrogens (tertiary/aromatic N) is 3. The number of aliphatic hydroxyl groups excluding tert-OH is 1. The highest BCUT2D eigenvalue weighted by molar-refractivity contribution is 5.96. The van der Waals surface area contributed by atoms with Gasteiger partial charge in [0.05, 0.1) is 6.10 Å². The summed E-state index contributed by atoms with van der Waals surface area (Å²) >= 11 is 0. The van der Waals surface area contributed by atoms with Gasteiger partial charge in [-0.05, 0) is 26.1 Å². The number of urea groups is 1. The number of hydrogen-bond acceptors (Lipinski definition) is 5. The molecular formula is C18H28N4O3. The number of carbonyl (C=O) groups excluding carboxylic acids is 2. The summed E-state index contributed by atoms with van der Waals surface area (Å²) in [7, 11) is 3.74. The topological polar surface area (TPSA) is 76.1 Å². The van der Waals surface area contributed by atoms with Crippen molar-refractivity contribution < 1.29 is 14.7 Å². The number of amides is 2. The molecule has 1 aromatic carbocycles. The van der Waals surface area contributed by atoms with Crippen molar-refractivity contribution in [2.45, 2.75) is 13.0 Å².